The number of hydrogen-bond acceptors (Lipinski definition) is 6. The third kappa shape index (κ3) is 7.54. The molecule has 13 heteroatoms. The van der Waals surface area contributed by atoms with E-state index >= 15 is 0 Å². The number of carbonyl (C=O) groups excluding carboxylic acids is 3. The highest BCUT2D eigenvalue weighted by molar-refractivity contribution is 6.31. The van der Waals surface area contributed by atoms with Crippen LogP contribution in [0.4, 0.5) is 17.6 Å². The number of esters is 1. The number of rotatable bonds is 11. The number of hydrogen-bond donors (Lipinski definition) is 1. The molecule has 1 aromatic heterocycles. The maximum atomic E-state index is 14.1. The summed E-state index contributed by atoms with van der Waals surface area (Å²) >= 11 is 6.04. The first-order valence-electron chi connectivity index (χ1n) is 13.8. The summed E-state index contributed by atoms with van der Waals surface area (Å²) in [7, 11) is 0. The number of benzene rings is 2. The number of amides is 1. The van der Waals surface area contributed by atoms with Crippen LogP contribution in [0, 0.1) is 23.3 Å². The number of nitrogens with one attached hydrogen (secondary N) is 1. The maximum Gasteiger partial charge on any atom is 0.308 e. The van der Waals surface area contributed by atoms with Gasteiger partial charge >= 0.3 is 5.97 Å². The molecule has 43 heavy (non-hydrogen) atoms. The molecule has 8 nitrogen and oxygen atoms in total. The molecular formula is C30H29ClF4N2O6. The highest BCUT2D eigenvalue weighted by Gasteiger charge is 2.31. The molecule has 0 aliphatic heterocycles. The van der Waals surface area contributed by atoms with Crippen molar-refractivity contribution < 1.29 is 41.4 Å². The Morgan fingerprint density at radius 1 is 1.02 bits per heavy atom. The number of fused-ring (bicyclic) bond motifs is 1. The van der Waals surface area contributed by atoms with Crippen molar-refractivity contribution in [2.24, 2.45) is 0 Å². The van der Waals surface area contributed by atoms with Gasteiger partial charge in [-0.2, -0.15) is 8.78 Å². The quantitative estimate of drug-likeness (QED) is 0.170. The first kappa shape index (κ1) is 32.0. The molecule has 230 valence electrons. The van der Waals surface area contributed by atoms with Crippen molar-refractivity contribution in [3.63, 3.8) is 0 Å². The third-order valence-electron chi connectivity index (χ3n) is 7.28. The van der Waals surface area contributed by atoms with Crippen molar-refractivity contribution in [3.05, 3.63) is 75.2 Å². The van der Waals surface area contributed by atoms with Gasteiger partial charge in [-0.3, -0.25) is 19.2 Å². The van der Waals surface area contributed by atoms with Gasteiger partial charge < -0.3 is 19.4 Å². The SMILES string of the molecule is CCC(C(=O)N[C@@H](CC(=O)OC1CCCCC1)C(=O)COc1c(F)c(F)cc(F)c1F)n1ccc2ccc(Cl)cc2c1=O. The van der Waals surface area contributed by atoms with E-state index in [4.69, 9.17) is 21.1 Å². The van der Waals surface area contributed by atoms with Gasteiger partial charge in [-0.1, -0.05) is 31.0 Å². The van der Waals surface area contributed by atoms with Crippen LogP contribution in [0.3, 0.4) is 0 Å². The fraction of sp³-hybridized carbons (Fsp3) is 0.400. The van der Waals surface area contributed by atoms with Gasteiger partial charge in [-0.25, -0.2) is 8.78 Å². The summed E-state index contributed by atoms with van der Waals surface area (Å²) in [5.41, 5.74) is -0.524. The lowest BCUT2D eigenvalue weighted by Gasteiger charge is -2.25. The van der Waals surface area contributed by atoms with Gasteiger partial charge in [0.2, 0.25) is 17.5 Å². The number of Topliss-reactive ketones (excluding diaryl/α,β-unsaturated/α-hetero) is 1. The maximum absolute atomic E-state index is 14.1. The smallest absolute Gasteiger partial charge is 0.308 e. The monoisotopic (exact) mass is 624 g/mol. The summed E-state index contributed by atoms with van der Waals surface area (Å²) in [5, 5.41) is 3.57. The molecule has 1 amide bonds. The molecule has 2 atom stereocenters. The van der Waals surface area contributed by atoms with Crippen LogP contribution in [-0.2, 0) is 19.1 Å². The van der Waals surface area contributed by atoms with E-state index in [2.05, 4.69) is 5.32 Å². The zero-order valence-electron chi connectivity index (χ0n) is 23.1. The summed E-state index contributed by atoms with van der Waals surface area (Å²) in [6, 6.07) is 3.56. The minimum absolute atomic E-state index is 0.0167. The summed E-state index contributed by atoms with van der Waals surface area (Å²) < 4.78 is 66.8. The van der Waals surface area contributed by atoms with Crippen LogP contribution in [0.15, 0.2) is 41.3 Å². The van der Waals surface area contributed by atoms with Crippen LogP contribution in [0.5, 0.6) is 5.75 Å². The lowest BCUT2D eigenvalue weighted by Crippen LogP contribution is -2.48. The largest absolute Gasteiger partial charge is 0.479 e. The minimum Gasteiger partial charge on any atom is -0.479 e. The molecule has 1 heterocycles. The average Bonchev–Trinajstić information content (AvgIpc) is 2.98. The summed E-state index contributed by atoms with van der Waals surface area (Å²) in [5.74, 6) is -11.3. The van der Waals surface area contributed by atoms with Gasteiger partial charge in [0.25, 0.3) is 5.56 Å². The second kappa shape index (κ2) is 14.0. The molecule has 1 unspecified atom stereocenters. The van der Waals surface area contributed by atoms with Crippen molar-refractivity contribution in [1.82, 2.24) is 9.88 Å². The van der Waals surface area contributed by atoms with Crippen LogP contribution in [0.1, 0.15) is 57.9 Å². The second-order valence-electron chi connectivity index (χ2n) is 10.3. The third-order valence-corrected chi connectivity index (χ3v) is 7.51. The van der Waals surface area contributed by atoms with Crippen molar-refractivity contribution in [2.75, 3.05) is 6.61 Å². The van der Waals surface area contributed by atoms with E-state index < -0.39 is 77.3 Å². The van der Waals surface area contributed by atoms with Crippen molar-refractivity contribution in [1.29, 1.82) is 0 Å². The normalized spacial score (nSPS) is 15.1. The molecule has 0 bridgehead atoms. The molecule has 1 saturated carbocycles. The Bertz CT molecular complexity index is 1560. The fourth-order valence-corrected chi connectivity index (χ4v) is 5.17. The van der Waals surface area contributed by atoms with Crippen molar-refractivity contribution in [2.45, 2.75) is 70.1 Å². The van der Waals surface area contributed by atoms with E-state index in [1.807, 2.05) is 0 Å². The lowest BCUT2D eigenvalue weighted by molar-refractivity contribution is -0.152. The Morgan fingerprint density at radius 3 is 2.35 bits per heavy atom. The van der Waals surface area contributed by atoms with Gasteiger partial charge in [0.1, 0.15) is 24.8 Å². The Balaban J connectivity index is 1.57. The zero-order chi connectivity index (χ0) is 31.3. The van der Waals surface area contributed by atoms with Crippen molar-refractivity contribution >= 4 is 40.0 Å². The highest BCUT2D eigenvalue weighted by Crippen LogP contribution is 2.27. The van der Waals surface area contributed by atoms with Crippen LogP contribution in [-0.4, -0.2) is 41.0 Å². The van der Waals surface area contributed by atoms with Gasteiger partial charge in [0, 0.05) is 22.7 Å². The van der Waals surface area contributed by atoms with E-state index in [1.165, 1.54) is 12.3 Å². The number of carbonyl (C=O) groups is 3. The van der Waals surface area contributed by atoms with Gasteiger partial charge in [-0.05, 0) is 55.7 Å². The molecule has 2 aromatic carbocycles. The molecule has 3 aromatic rings. The lowest BCUT2D eigenvalue weighted by atomic mass is 9.98. The van der Waals surface area contributed by atoms with E-state index in [-0.39, 0.29) is 24.0 Å². The van der Waals surface area contributed by atoms with E-state index in [1.54, 1.807) is 25.1 Å². The van der Waals surface area contributed by atoms with Gasteiger partial charge in [0.15, 0.2) is 23.2 Å². The molecule has 0 radical (unpaired) electrons. The summed E-state index contributed by atoms with van der Waals surface area (Å²) in [4.78, 5) is 52.5. The van der Waals surface area contributed by atoms with Crippen LogP contribution < -0.4 is 15.6 Å². The fourth-order valence-electron chi connectivity index (χ4n) is 5.00. The molecule has 0 spiro atoms. The molecule has 1 fully saturated rings. The number of nitrogens with zero attached hydrogens (tertiary/aromatic N) is 1. The van der Waals surface area contributed by atoms with Crippen molar-refractivity contribution in [3.8, 4) is 5.75 Å². The molecule has 1 N–H and O–H groups in total. The minimum atomic E-state index is -1.86. The number of halogens is 5. The summed E-state index contributed by atoms with van der Waals surface area (Å²) in [6.45, 7) is 0.476. The van der Waals surface area contributed by atoms with E-state index in [9.17, 15) is 36.7 Å². The predicted octanol–water partition coefficient (Wildman–Crippen LogP) is 5.56. The van der Waals surface area contributed by atoms with Crippen LogP contribution in [0.25, 0.3) is 10.8 Å². The van der Waals surface area contributed by atoms with E-state index in [0.29, 0.717) is 23.3 Å². The molecule has 1 aliphatic rings. The predicted molar refractivity (Wildman–Crippen MR) is 149 cm³/mol. The highest BCUT2D eigenvalue weighted by atomic mass is 35.5. The topological polar surface area (TPSA) is 104 Å². The first-order chi connectivity index (χ1) is 20.5. The zero-order valence-corrected chi connectivity index (χ0v) is 23.9. The Kier molecular flexibility index (Phi) is 10.4. The van der Waals surface area contributed by atoms with Gasteiger partial charge in [0.05, 0.1) is 6.42 Å². The Morgan fingerprint density at radius 2 is 1.70 bits per heavy atom. The Labute approximate surface area is 248 Å². The standard InChI is InChI=1S/C30H29ClF4N2O6/c1-2-23(37-11-10-16-8-9-17(31)12-19(16)30(37)41)29(40)36-22(14-25(39)43-18-6-4-3-5-7-18)24(38)15-42-28-26(34)20(32)13-21(33)27(28)35/h8-13,18,22-23H,2-7,14-15H2,1H3,(H,36,40)/t22-,23?/m0/s1. The number of pyridine rings is 1. The number of aromatic nitrogens is 1. The van der Waals surface area contributed by atoms with Crippen LogP contribution in [0.2, 0.25) is 5.02 Å². The molecule has 4 rings (SSSR count). The van der Waals surface area contributed by atoms with Gasteiger partial charge in [-0.15, -0.1) is 0 Å². The molecule has 1 aliphatic carbocycles. The Hall–Kier alpha value is -3.93. The second-order valence-corrected chi connectivity index (χ2v) is 10.7. The number of ketones is 1. The van der Waals surface area contributed by atoms with E-state index in [0.717, 1.165) is 23.8 Å². The van der Waals surface area contributed by atoms with Crippen LogP contribution >= 0.6 is 11.6 Å². The summed E-state index contributed by atoms with van der Waals surface area (Å²) in [6.07, 6.45) is 4.46. The average molecular weight is 625 g/mol. The molecular weight excluding hydrogens is 596 g/mol. The molecule has 0 saturated heterocycles. The first-order valence-corrected chi connectivity index (χ1v) is 14.2. The number of ether oxygens (including phenoxy) is 2.